The molecule has 3 aromatic carbocycles. The number of nitrogens with one attached hydrogen (secondary N) is 2. The van der Waals surface area contributed by atoms with Gasteiger partial charge in [0.2, 0.25) is 0 Å². The van der Waals surface area contributed by atoms with Crippen LogP contribution in [-0.4, -0.2) is 35.1 Å². The lowest BCUT2D eigenvalue weighted by Crippen LogP contribution is -2.25. The van der Waals surface area contributed by atoms with Crippen LogP contribution in [0.4, 0.5) is 5.69 Å². The van der Waals surface area contributed by atoms with Crippen molar-refractivity contribution in [2.24, 2.45) is 0 Å². The Labute approximate surface area is 194 Å². The van der Waals surface area contributed by atoms with Gasteiger partial charge in [-0.1, -0.05) is 6.07 Å². The second-order valence-electron chi connectivity index (χ2n) is 7.61. The molecule has 0 saturated heterocycles. The van der Waals surface area contributed by atoms with Crippen LogP contribution in [0.5, 0.6) is 11.5 Å². The molecule has 0 radical (unpaired) electrons. The minimum absolute atomic E-state index is 0.0818. The highest BCUT2D eigenvalue weighted by molar-refractivity contribution is 7.92. The van der Waals surface area contributed by atoms with Crippen molar-refractivity contribution in [2.45, 2.75) is 25.2 Å². The summed E-state index contributed by atoms with van der Waals surface area (Å²) in [7, 11) is -0.577. The van der Waals surface area contributed by atoms with Gasteiger partial charge in [0.1, 0.15) is 11.5 Å². The van der Waals surface area contributed by atoms with E-state index in [2.05, 4.69) is 10.0 Å². The maximum atomic E-state index is 12.7. The number of methoxy groups -OCH3 is 2. The van der Waals surface area contributed by atoms with Gasteiger partial charge in [-0.15, -0.1) is 0 Å². The summed E-state index contributed by atoms with van der Waals surface area (Å²) in [6.07, 6.45) is 0.554. The van der Waals surface area contributed by atoms with Crippen molar-refractivity contribution < 1.29 is 22.7 Å². The van der Waals surface area contributed by atoms with Crippen LogP contribution in [0.1, 0.15) is 27.0 Å². The number of carbonyl (C=O) groups excluding carboxylic acids is 1. The molecule has 0 unspecified atom stereocenters. The Morgan fingerprint density at radius 2 is 1.61 bits per heavy atom. The van der Waals surface area contributed by atoms with Gasteiger partial charge in [-0.25, -0.2) is 8.42 Å². The molecule has 0 heterocycles. The van der Waals surface area contributed by atoms with Crippen LogP contribution in [0.3, 0.4) is 0 Å². The molecular weight excluding hydrogens is 440 g/mol. The van der Waals surface area contributed by atoms with Crippen LogP contribution in [0.2, 0.25) is 0 Å². The Bertz CT molecular complexity index is 1240. The fourth-order valence-corrected chi connectivity index (χ4v) is 4.34. The summed E-state index contributed by atoms with van der Waals surface area (Å²) in [6.45, 7) is 4.27. The molecule has 3 aromatic rings. The zero-order chi connectivity index (χ0) is 24.0. The molecule has 174 valence electrons. The summed E-state index contributed by atoms with van der Waals surface area (Å²) in [5, 5.41) is 2.85. The minimum atomic E-state index is -3.76. The van der Waals surface area contributed by atoms with Gasteiger partial charge in [0, 0.05) is 17.8 Å². The smallest absolute Gasteiger partial charge is 0.261 e. The molecule has 0 saturated carbocycles. The van der Waals surface area contributed by atoms with Crippen LogP contribution in [0, 0.1) is 13.8 Å². The summed E-state index contributed by atoms with van der Waals surface area (Å²) in [4.78, 5) is 12.6. The predicted molar refractivity (Wildman–Crippen MR) is 129 cm³/mol. The molecule has 0 atom stereocenters. The largest absolute Gasteiger partial charge is 0.497 e. The van der Waals surface area contributed by atoms with Gasteiger partial charge >= 0.3 is 0 Å². The monoisotopic (exact) mass is 468 g/mol. The SMILES string of the molecule is COc1ccc(OC)c(CCNC(=O)c2ccc(S(=O)(=O)Nc3ccc(C)c(C)c3)cc2)c1. The van der Waals surface area contributed by atoms with Crippen molar-refractivity contribution in [3.05, 3.63) is 82.9 Å². The average Bonchev–Trinajstić information content (AvgIpc) is 2.81. The van der Waals surface area contributed by atoms with E-state index >= 15 is 0 Å². The first-order valence-corrected chi connectivity index (χ1v) is 11.9. The molecule has 0 bridgehead atoms. The minimum Gasteiger partial charge on any atom is -0.497 e. The Kier molecular flexibility index (Phi) is 7.60. The maximum Gasteiger partial charge on any atom is 0.261 e. The lowest BCUT2D eigenvalue weighted by atomic mass is 10.1. The molecule has 1 amide bonds. The zero-order valence-corrected chi connectivity index (χ0v) is 20.0. The average molecular weight is 469 g/mol. The third-order valence-corrected chi connectivity index (χ3v) is 6.75. The highest BCUT2D eigenvalue weighted by Gasteiger charge is 2.16. The van der Waals surface area contributed by atoms with Crippen LogP contribution in [0.25, 0.3) is 0 Å². The molecule has 8 heteroatoms. The normalized spacial score (nSPS) is 11.0. The number of amides is 1. The summed E-state index contributed by atoms with van der Waals surface area (Å²) < 4.78 is 38.5. The lowest BCUT2D eigenvalue weighted by molar-refractivity contribution is 0.0954. The number of benzene rings is 3. The van der Waals surface area contributed by atoms with Crippen LogP contribution >= 0.6 is 0 Å². The van der Waals surface area contributed by atoms with Crippen molar-refractivity contribution in [1.82, 2.24) is 5.32 Å². The van der Waals surface area contributed by atoms with E-state index in [0.717, 1.165) is 22.4 Å². The molecule has 0 fully saturated rings. The van der Waals surface area contributed by atoms with Gasteiger partial charge in [0.05, 0.1) is 19.1 Å². The van der Waals surface area contributed by atoms with E-state index in [9.17, 15) is 13.2 Å². The number of carbonyl (C=O) groups is 1. The first-order chi connectivity index (χ1) is 15.7. The lowest BCUT2D eigenvalue weighted by Gasteiger charge is -2.12. The second-order valence-corrected chi connectivity index (χ2v) is 9.29. The number of hydrogen-bond acceptors (Lipinski definition) is 5. The second kappa shape index (κ2) is 10.4. The van der Waals surface area contributed by atoms with Gasteiger partial charge in [0.25, 0.3) is 15.9 Å². The van der Waals surface area contributed by atoms with Crippen LogP contribution in [0.15, 0.2) is 65.6 Å². The van der Waals surface area contributed by atoms with Crippen LogP contribution in [-0.2, 0) is 16.4 Å². The van der Waals surface area contributed by atoms with Gasteiger partial charge in [-0.2, -0.15) is 0 Å². The first-order valence-electron chi connectivity index (χ1n) is 10.4. The molecular formula is C25H28N2O5S. The Balaban J connectivity index is 1.62. The van der Waals surface area contributed by atoms with Crippen molar-refractivity contribution >= 4 is 21.6 Å². The predicted octanol–water partition coefficient (Wildman–Crippen LogP) is 4.09. The van der Waals surface area contributed by atoms with Crippen molar-refractivity contribution in [1.29, 1.82) is 0 Å². The standard InChI is InChI=1S/C25H28N2O5S/c1-17-5-8-21(15-18(17)2)27-33(29,30)23-10-6-19(7-11-23)25(28)26-14-13-20-16-22(31-3)9-12-24(20)32-4/h5-12,15-16,27H,13-14H2,1-4H3,(H,26,28). The fourth-order valence-electron chi connectivity index (χ4n) is 3.29. The molecule has 33 heavy (non-hydrogen) atoms. The summed E-state index contributed by atoms with van der Waals surface area (Å²) in [5.74, 6) is 1.14. The quantitative estimate of drug-likeness (QED) is 0.493. The van der Waals surface area contributed by atoms with Gasteiger partial charge in [-0.05, 0) is 91.6 Å². The van der Waals surface area contributed by atoms with E-state index < -0.39 is 10.0 Å². The third kappa shape index (κ3) is 6.04. The first kappa shape index (κ1) is 24.1. The zero-order valence-electron chi connectivity index (χ0n) is 19.1. The van der Waals surface area contributed by atoms with Crippen LogP contribution < -0.4 is 19.5 Å². The Morgan fingerprint density at radius 3 is 2.24 bits per heavy atom. The van der Waals surface area contributed by atoms with Crippen molar-refractivity contribution in [2.75, 3.05) is 25.5 Å². The summed E-state index contributed by atoms with van der Waals surface area (Å²) in [6, 6.07) is 16.7. The van der Waals surface area contributed by atoms with Crippen molar-refractivity contribution in [3.63, 3.8) is 0 Å². The summed E-state index contributed by atoms with van der Waals surface area (Å²) >= 11 is 0. The molecule has 3 rings (SSSR count). The Hall–Kier alpha value is -3.52. The summed E-state index contributed by atoms with van der Waals surface area (Å²) in [5.41, 5.74) is 3.86. The third-order valence-electron chi connectivity index (χ3n) is 5.35. The van der Waals surface area contributed by atoms with E-state index in [-0.39, 0.29) is 10.8 Å². The number of aryl methyl sites for hydroxylation is 2. The highest BCUT2D eigenvalue weighted by Crippen LogP contribution is 2.24. The van der Waals surface area contributed by atoms with E-state index in [1.54, 1.807) is 26.4 Å². The number of sulfonamides is 1. The Morgan fingerprint density at radius 1 is 0.879 bits per heavy atom. The highest BCUT2D eigenvalue weighted by atomic mass is 32.2. The number of anilines is 1. The van der Waals surface area contributed by atoms with E-state index in [4.69, 9.17) is 9.47 Å². The van der Waals surface area contributed by atoms with E-state index in [0.29, 0.717) is 30.0 Å². The topological polar surface area (TPSA) is 93.7 Å². The molecule has 0 aromatic heterocycles. The molecule has 2 N–H and O–H groups in total. The molecule has 0 aliphatic carbocycles. The van der Waals surface area contributed by atoms with Gasteiger partial charge < -0.3 is 14.8 Å². The number of ether oxygens (including phenoxy) is 2. The maximum absolute atomic E-state index is 12.7. The van der Waals surface area contributed by atoms with Gasteiger partial charge in [0.15, 0.2) is 0 Å². The molecule has 0 spiro atoms. The number of hydrogen-bond donors (Lipinski definition) is 2. The molecule has 7 nitrogen and oxygen atoms in total. The molecule has 0 aliphatic rings. The van der Waals surface area contributed by atoms with E-state index in [1.807, 2.05) is 38.1 Å². The van der Waals surface area contributed by atoms with Crippen molar-refractivity contribution in [3.8, 4) is 11.5 Å². The fraction of sp³-hybridized carbons (Fsp3) is 0.240. The van der Waals surface area contributed by atoms with E-state index in [1.165, 1.54) is 24.3 Å². The molecule has 0 aliphatic heterocycles. The van der Waals surface area contributed by atoms with Gasteiger partial charge in [-0.3, -0.25) is 9.52 Å². The number of rotatable bonds is 9.